The first-order valence-electron chi connectivity index (χ1n) is 7.21. The molecular weight excluding hydrogens is 252 g/mol. The highest BCUT2D eigenvalue weighted by molar-refractivity contribution is 5.83. The normalized spacial score (nSPS) is 20.1. The molecule has 1 atom stereocenters. The molecule has 1 unspecified atom stereocenters. The van der Waals surface area contributed by atoms with Gasteiger partial charge in [0, 0.05) is 25.2 Å². The van der Waals surface area contributed by atoms with E-state index < -0.39 is 0 Å². The van der Waals surface area contributed by atoms with Gasteiger partial charge in [0.15, 0.2) is 17.8 Å². The average Bonchev–Trinajstić information content (AvgIpc) is 3.04. The predicted molar refractivity (Wildman–Crippen MR) is 76.9 cm³/mol. The smallest absolute Gasteiger partial charge is 0.166 e. The molecule has 20 heavy (non-hydrogen) atoms. The van der Waals surface area contributed by atoms with Gasteiger partial charge >= 0.3 is 0 Å². The lowest BCUT2D eigenvalue weighted by Crippen LogP contribution is -2.28. The molecule has 2 aromatic heterocycles. The molecule has 0 saturated carbocycles. The zero-order valence-corrected chi connectivity index (χ0v) is 12.0. The summed E-state index contributed by atoms with van der Waals surface area (Å²) in [6.45, 7) is 6.76. The summed E-state index contributed by atoms with van der Waals surface area (Å²) in [6.07, 6.45) is 4.77. The Kier molecular flexibility index (Phi) is 3.53. The van der Waals surface area contributed by atoms with Gasteiger partial charge in [0.2, 0.25) is 0 Å². The number of rotatable bonds is 4. The van der Waals surface area contributed by atoms with Crippen LogP contribution >= 0.6 is 0 Å². The molecule has 0 aromatic carbocycles. The first kappa shape index (κ1) is 13.2. The van der Waals surface area contributed by atoms with Crippen molar-refractivity contribution in [3.8, 4) is 0 Å². The van der Waals surface area contributed by atoms with E-state index in [9.17, 15) is 4.79 Å². The van der Waals surface area contributed by atoms with Crippen LogP contribution < -0.4 is 0 Å². The van der Waals surface area contributed by atoms with Crippen molar-refractivity contribution in [2.24, 2.45) is 5.92 Å². The van der Waals surface area contributed by atoms with E-state index >= 15 is 0 Å². The van der Waals surface area contributed by atoms with Crippen LogP contribution in [0.1, 0.15) is 36.5 Å². The molecule has 1 saturated heterocycles. The summed E-state index contributed by atoms with van der Waals surface area (Å²) in [5.41, 5.74) is 1.26. The number of aldehydes is 1. The summed E-state index contributed by atoms with van der Waals surface area (Å²) in [6, 6.07) is 4.21. The Labute approximate surface area is 118 Å². The summed E-state index contributed by atoms with van der Waals surface area (Å²) in [5, 5.41) is 4.48. The number of fused-ring (bicyclic) bond motifs is 1. The molecule has 0 bridgehead atoms. The lowest BCUT2D eigenvalue weighted by Gasteiger charge is -2.19. The van der Waals surface area contributed by atoms with E-state index in [-0.39, 0.29) is 0 Å². The second-order valence-electron chi connectivity index (χ2n) is 5.83. The second-order valence-corrected chi connectivity index (χ2v) is 5.83. The second kappa shape index (κ2) is 5.32. The van der Waals surface area contributed by atoms with E-state index in [1.807, 2.05) is 12.3 Å². The topological polar surface area (TPSA) is 50.5 Å². The van der Waals surface area contributed by atoms with Gasteiger partial charge in [0.25, 0.3) is 0 Å². The minimum absolute atomic E-state index is 0.599. The van der Waals surface area contributed by atoms with Gasteiger partial charge in [-0.25, -0.2) is 9.50 Å². The maximum Gasteiger partial charge on any atom is 0.166 e. The number of likely N-dealkylation sites (tertiary alicyclic amines) is 1. The fourth-order valence-corrected chi connectivity index (χ4v) is 2.91. The maximum atomic E-state index is 11.0. The molecule has 5 nitrogen and oxygen atoms in total. The van der Waals surface area contributed by atoms with E-state index in [0.717, 1.165) is 31.6 Å². The van der Waals surface area contributed by atoms with Gasteiger partial charge in [0.1, 0.15) is 0 Å². The average molecular weight is 272 g/mol. The van der Waals surface area contributed by atoms with Gasteiger partial charge in [-0.3, -0.25) is 4.79 Å². The third-order valence-electron chi connectivity index (χ3n) is 4.08. The van der Waals surface area contributed by atoms with E-state index in [4.69, 9.17) is 0 Å². The molecule has 0 aliphatic carbocycles. The fraction of sp³-hybridized carbons (Fsp3) is 0.533. The van der Waals surface area contributed by atoms with Crippen LogP contribution in [0.2, 0.25) is 0 Å². The fourth-order valence-electron chi connectivity index (χ4n) is 2.91. The molecule has 3 heterocycles. The van der Waals surface area contributed by atoms with Crippen LogP contribution in [0.15, 0.2) is 18.3 Å². The van der Waals surface area contributed by atoms with Gasteiger partial charge in [-0.2, -0.15) is 5.10 Å². The first-order valence-corrected chi connectivity index (χ1v) is 7.21. The summed E-state index contributed by atoms with van der Waals surface area (Å²) in [5.74, 6) is 1.46. The van der Waals surface area contributed by atoms with E-state index in [0.29, 0.717) is 23.2 Å². The number of pyridine rings is 1. The van der Waals surface area contributed by atoms with Crippen LogP contribution in [0.25, 0.3) is 5.65 Å². The van der Waals surface area contributed by atoms with Crippen molar-refractivity contribution in [3.05, 3.63) is 29.7 Å². The van der Waals surface area contributed by atoms with Crippen molar-refractivity contribution < 1.29 is 4.79 Å². The maximum absolute atomic E-state index is 11.0. The molecule has 0 amide bonds. The molecular formula is C15H20N4O. The zero-order chi connectivity index (χ0) is 14.1. The van der Waals surface area contributed by atoms with E-state index in [2.05, 4.69) is 28.8 Å². The van der Waals surface area contributed by atoms with Crippen molar-refractivity contribution in [2.45, 2.75) is 32.7 Å². The number of nitrogens with zero attached hydrogens (tertiary/aromatic N) is 4. The van der Waals surface area contributed by atoms with Gasteiger partial charge < -0.3 is 4.90 Å². The minimum Gasteiger partial charge on any atom is -0.301 e. The monoisotopic (exact) mass is 272 g/mol. The van der Waals surface area contributed by atoms with Gasteiger partial charge in [-0.1, -0.05) is 0 Å². The van der Waals surface area contributed by atoms with Crippen molar-refractivity contribution in [2.75, 3.05) is 13.1 Å². The van der Waals surface area contributed by atoms with Crippen LogP contribution in [-0.2, 0) is 6.42 Å². The van der Waals surface area contributed by atoms with Crippen LogP contribution in [0.3, 0.4) is 0 Å². The van der Waals surface area contributed by atoms with Gasteiger partial charge in [0.05, 0.1) is 5.56 Å². The Balaban J connectivity index is 1.77. The van der Waals surface area contributed by atoms with Crippen LogP contribution in [0, 0.1) is 5.92 Å². The lowest BCUT2D eigenvalue weighted by molar-refractivity contribution is 0.112. The van der Waals surface area contributed by atoms with Crippen molar-refractivity contribution in [3.63, 3.8) is 0 Å². The highest BCUT2D eigenvalue weighted by Gasteiger charge is 2.25. The third kappa shape index (κ3) is 2.45. The van der Waals surface area contributed by atoms with Gasteiger partial charge in [-0.05, 0) is 44.9 Å². The SMILES string of the molecule is CC(C)N1CCC(Cc2nc3c(C=O)cccn3n2)C1. The number of carbonyl (C=O) groups excluding carboxylic acids is 1. The summed E-state index contributed by atoms with van der Waals surface area (Å²) >= 11 is 0. The Hall–Kier alpha value is -1.75. The summed E-state index contributed by atoms with van der Waals surface area (Å²) in [4.78, 5) is 18.0. The Morgan fingerprint density at radius 2 is 2.35 bits per heavy atom. The molecule has 1 aliphatic rings. The van der Waals surface area contributed by atoms with Crippen molar-refractivity contribution >= 4 is 11.9 Å². The number of carbonyl (C=O) groups is 1. The van der Waals surface area contributed by atoms with Crippen LogP contribution in [-0.4, -0.2) is 44.9 Å². The molecule has 0 radical (unpaired) electrons. The standard InChI is InChI=1S/C15H20N4O/c1-11(2)18-7-5-12(9-18)8-14-16-15-13(10-20)4-3-6-19(15)17-14/h3-4,6,10-12H,5,7-9H2,1-2H3. The highest BCUT2D eigenvalue weighted by atomic mass is 16.1. The largest absolute Gasteiger partial charge is 0.301 e. The Bertz CT molecular complexity index is 619. The molecule has 0 spiro atoms. The van der Waals surface area contributed by atoms with Crippen LogP contribution in [0.4, 0.5) is 0 Å². The van der Waals surface area contributed by atoms with Crippen LogP contribution in [0.5, 0.6) is 0 Å². The van der Waals surface area contributed by atoms with E-state index in [1.165, 1.54) is 6.42 Å². The zero-order valence-electron chi connectivity index (χ0n) is 12.0. The summed E-state index contributed by atoms with van der Waals surface area (Å²) in [7, 11) is 0. The highest BCUT2D eigenvalue weighted by Crippen LogP contribution is 2.21. The molecule has 106 valence electrons. The van der Waals surface area contributed by atoms with E-state index in [1.54, 1.807) is 10.6 Å². The predicted octanol–water partition coefficient (Wildman–Crippen LogP) is 1.81. The number of hydrogen-bond acceptors (Lipinski definition) is 4. The number of hydrogen-bond donors (Lipinski definition) is 0. The number of aromatic nitrogens is 3. The molecule has 0 N–H and O–H groups in total. The molecule has 5 heteroatoms. The third-order valence-corrected chi connectivity index (χ3v) is 4.08. The minimum atomic E-state index is 0.599. The Morgan fingerprint density at radius 1 is 1.50 bits per heavy atom. The molecule has 1 aliphatic heterocycles. The molecule has 3 rings (SSSR count). The first-order chi connectivity index (χ1) is 9.67. The van der Waals surface area contributed by atoms with Crippen molar-refractivity contribution in [1.82, 2.24) is 19.5 Å². The molecule has 1 fully saturated rings. The lowest BCUT2D eigenvalue weighted by atomic mass is 10.1. The molecule has 2 aromatic rings. The van der Waals surface area contributed by atoms with Crippen molar-refractivity contribution in [1.29, 1.82) is 0 Å². The summed E-state index contributed by atoms with van der Waals surface area (Å²) < 4.78 is 1.70. The Morgan fingerprint density at radius 3 is 3.05 bits per heavy atom. The van der Waals surface area contributed by atoms with Gasteiger partial charge in [-0.15, -0.1) is 0 Å². The quantitative estimate of drug-likeness (QED) is 0.797.